The lowest BCUT2D eigenvalue weighted by Gasteiger charge is -2.26. The van der Waals surface area contributed by atoms with Gasteiger partial charge in [-0.05, 0) is 45.7 Å². The van der Waals surface area contributed by atoms with E-state index in [2.05, 4.69) is 24.9 Å². The Morgan fingerprint density at radius 1 is 1.17 bits per heavy atom. The largest absolute Gasteiger partial charge is 0.366 e. The van der Waals surface area contributed by atoms with Crippen LogP contribution in [0.25, 0.3) is 11.8 Å². The number of nitrogens with zero attached hydrogens (tertiary/aromatic N) is 5. The van der Waals surface area contributed by atoms with Gasteiger partial charge in [-0.15, -0.1) is 10.2 Å². The average Bonchev–Trinajstić information content (AvgIpc) is 3.18. The van der Waals surface area contributed by atoms with Crippen molar-refractivity contribution in [2.24, 2.45) is 0 Å². The third-order valence-electron chi connectivity index (χ3n) is 5.78. The highest BCUT2D eigenvalue weighted by atomic mass is 32.2. The molecule has 1 aromatic carbocycles. The van der Waals surface area contributed by atoms with Crippen molar-refractivity contribution in [3.8, 4) is 5.69 Å². The molecule has 3 aromatic rings. The van der Waals surface area contributed by atoms with Gasteiger partial charge >= 0.3 is 0 Å². The van der Waals surface area contributed by atoms with E-state index in [0.717, 1.165) is 5.56 Å². The zero-order chi connectivity index (χ0) is 25.3. The van der Waals surface area contributed by atoms with E-state index >= 15 is 4.39 Å². The van der Waals surface area contributed by atoms with E-state index in [9.17, 15) is 8.42 Å². The Labute approximate surface area is 204 Å². The van der Waals surface area contributed by atoms with Crippen molar-refractivity contribution in [3.05, 3.63) is 65.3 Å². The maximum absolute atomic E-state index is 15.0. The van der Waals surface area contributed by atoms with Crippen LogP contribution in [0.2, 0.25) is 0 Å². The first kappa shape index (κ1) is 24.9. The second kappa shape index (κ2) is 9.82. The van der Waals surface area contributed by atoms with Gasteiger partial charge in [0.05, 0.1) is 11.8 Å². The fourth-order valence-electron chi connectivity index (χ4n) is 3.92. The van der Waals surface area contributed by atoms with E-state index in [1.54, 1.807) is 24.5 Å². The molecular weight excluding hydrogens is 471 g/mol. The summed E-state index contributed by atoms with van der Waals surface area (Å²) in [6.45, 7) is 8.91. The summed E-state index contributed by atoms with van der Waals surface area (Å²) in [7, 11) is -4.09. The number of fused-ring (bicyclic) bond motifs is 3. The third-order valence-corrected chi connectivity index (χ3v) is 7.47. The van der Waals surface area contributed by atoms with Gasteiger partial charge in [0.15, 0.2) is 5.82 Å². The average molecular weight is 501 g/mol. The van der Waals surface area contributed by atoms with Crippen molar-refractivity contribution in [2.75, 3.05) is 4.72 Å². The van der Waals surface area contributed by atoms with Gasteiger partial charge in [-0.3, -0.25) is 9.29 Å². The highest BCUT2D eigenvalue weighted by Gasteiger charge is 2.36. The maximum Gasteiger partial charge on any atom is 0.243 e. The monoisotopic (exact) mass is 500 g/mol. The van der Waals surface area contributed by atoms with Crippen molar-refractivity contribution in [1.29, 1.82) is 0 Å². The van der Waals surface area contributed by atoms with Crippen LogP contribution in [-0.4, -0.2) is 44.5 Å². The molecule has 0 spiro atoms. The Hall–Kier alpha value is -3.18. The van der Waals surface area contributed by atoms with Crippen molar-refractivity contribution < 1.29 is 17.5 Å². The SMILES string of the molecule is Cc1cnc([C@H](OC(C)C)[C@H](C)S(=O)(=O)Nc2nnc3n2-c2c(F)cccc2/C=C\C[C@H]3C)nc1. The fraction of sp³-hybridized carbons (Fsp3) is 0.417. The molecule has 0 bridgehead atoms. The molecule has 1 aliphatic heterocycles. The number of ether oxygens (including phenoxy) is 1. The number of anilines is 1. The molecule has 11 heteroatoms. The van der Waals surface area contributed by atoms with Gasteiger partial charge in [-0.2, -0.15) is 0 Å². The summed E-state index contributed by atoms with van der Waals surface area (Å²) in [5.74, 6) is 0.00953. The summed E-state index contributed by atoms with van der Waals surface area (Å²) in [6.07, 6.45) is 6.43. The zero-order valence-corrected chi connectivity index (χ0v) is 21.1. The van der Waals surface area contributed by atoms with E-state index in [-0.39, 0.29) is 29.5 Å². The van der Waals surface area contributed by atoms with Gasteiger partial charge in [0, 0.05) is 23.9 Å². The minimum Gasteiger partial charge on any atom is -0.366 e. The van der Waals surface area contributed by atoms with Crippen LogP contribution < -0.4 is 4.72 Å². The Balaban J connectivity index is 1.75. The van der Waals surface area contributed by atoms with Gasteiger partial charge in [0.1, 0.15) is 23.0 Å². The number of benzene rings is 1. The van der Waals surface area contributed by atoms with Gasteiger partial charge in [-0.25, -0.2) is 22.8 Å². The predicted molar refractivity (Wildman–Crippen MR) is 131 cm³/mol. The van der Waals surface area contributed by atoms with Crippen molar-refractivity contribution in [1.82, 2.24) is 24.7 Å². The molecule has 2 aromatic heterocycles. The number of para-hydroxylation sites is 1. The molecular formula is C24H29FN6O3S. The first-order valence-electron chi connectivity index (χ1n) is 11.4. The van der Waals surface area contributed by atoms with Gasteiger partial charge in [-0.1, -0.05) is 31.2 Å². The van der Waals surface area contributed by atoms with E-state index in [1.807, 2.05) is 39.8 Å². The molecule has 0 saturated carbocycles. The van der Waals surface area contributed by atoms with E-state index in [4.69, 9.17) is 4.74 Å². The number of aromatic nitrogens is 5. The number of nitrogens with one attached hydrogen (secondary N) is 1. The van der Waals surface area contributed by atoms with Crippen LogP contribution >= 0.6 is 0 Å². The predicted octanol–water partition coefficient (Wildman–Crippen LogP) is 4.32. The number of aryl methyl sites for hydroxylation is 1. The number of allylic oxidation sites excluding steroid dienone is 1. The van der Waals surface area contributed by atoms with Crippen LogP contribution in [0.4, 0.5) is 10.3 Å². The minimum absolute atomic E-state index is 0.0894. The summed E-state index contributed by atoms with van der Waals surface area (Å²) >= 11 is 0. The van der Waals surface area contributed by atoms with E-state index < -0.39 is 27.2 Å². The highest BCUT2D eigenvalue weighted by molar-refractivity contribution is 7.93. The van der Waals surface area contributed by atoms with Gasteiger partial charge in [0.2, 0.25) is 16.0 Å². The smallest absolute Gasteiger partial charge is 0.243 e. The number of hydrogen-bond acceptors (Lipinski definition) is 7. The molecule has 0 saturated heterocycles. The first-order chi connectivity index (χ1) is 16.6. The normalized spacial score (nSPS) is 18.2. The van der Waals surface area contributed by atoms with Crippen LogP contribution in [0.15, 0.2) is 36.7 Å². The quantitative estimate of drug-likeness (QED) is 0.514. The molecule has 1 N–H and O–H groups in total. The second-order valence-corrected chi connectivity index (χ2v) is 11.0. The number of rotatable bonds is 7. The molecule has 0 amide bonds. The number of halogens is 1. The summed E-state index contributed by atoms with van der Waals surface area (Å²) < 4.78 is 52.0. The van der Waals surface area contributed by atoms with Crippen LogP contribution in [0.5, 0.6) is 0 Å². The van der Waals surface area contributed by atoms with E-state index in [0.29, 0.717) is 17.8 Å². The fourth-order valence-corrected chi connectivity index (χ4v) is 5.00. The molecule has 0 fully saturated rings. The summed E-state index contributed by atoms with van der Waals surface area (Å²) in [6, 6.07) is 4.69. The number of sulfonamides is 1. The van der Waals surface area contributed by atoms with Gasteiger partial charge < -0.3 is 4.74 Å². The Morgan fingerprint density at radius 3 is 2.57 bits per heavy atom. The standard InChI is InChI=1S/C24H29FN6O3S/c1-14(2)34-21(22-26-12-15(3)13-27-22)17(5)35(32,33)30-24-29-28-23-16(4)8-6-9-18-10-7-11-19(25)20(18)31(23)24/h6-7,9-14,16-17,21H,8H2,1-5H3,(H,29,30)/b9-6-/t16-,17+,21-/m1/s1. The molecule has 3 heterocycles. The van der Waals surface area contributed by atoms with Crippen molar-refractivity contribution >= 4 is 22.0 Å². The molecule has 0 aliphatic carbocycles. The Kier molecular flexibility index (Phi) is 7.00. The van der Waals surface area contributed by atoms with Gasteiger partial charge in [0.25, 0.3) is 0 Å². The third kappa shape index (κ3) is 5.10. The maximum atomic E-state index is 15.0. The molecule has 35 heavy (non-hydrogen) atoms. The first-order valence-corrected chi connectivity index (χ1v) is 13.0. The Morgan fingerprint density at radius 2 is 1.89 bits per heavy atom. The highest BCUT2D eigenvalue weighted by Crippen LogP contribution is 2.33. The molecule has 0 unspecified atom stereocenters. The summed E-state index contributed by atoms with van der Waals surface area (Å²) in [4.78, 5) is 8.58. The molecule has 4 rings (SSSR count). The molecule has 186 valence electrons. The molecule has 0 radical (unpaired) electrons. The van der Waals surface area contributed by atoms with Crippen LogP contribution in [-0.2, 0) is 14.8 Å². The van der Waals surface area contributed by atoms with Crippen LogP contribution in [0, 0.1) is 12.7 Å². The molecule has 1 aliphatic rings. The lowest BCUT2D eigenvalue weighted by atomic mass is 10.0. The second-order valence-electron chi connectivity index (χ2n) is 9.01. The van der Waals surface area contributed by atoms with Crippen molar-refractivity contribution in [2.45, 2.75) is 64.4 Å². The lowest BCUT2D eigenvalue weighted by molar-refractivity contribution is 0.00152. The summed E-state index contributed by atoms with van der Waals surface area (Å²) in [5.41, 5.74) is 1.63. The summed E-state index contributed by atoms with van der Waals surface area (Å²) in [5, 5.41) is 7.22. The molecule has 9 nitrogen and oxygen atoms in total. The Bertz CT molecular complexity index is 1340. The number of hydrogen-bond donors (Lipinski definition) is 1. The minimum atomic E-state index is -4.09. The topological polar surface area (TPSA) is 112 Å². The van der Waals surface area contributed by atoms with E-state index in [1.165, 1.54) is 17.6 Å². The zero-order valence-electron chi connectivity index (χ0n) is 20.3. The van der Waals surface area contributed by atoms with Crippen molar-refractivity contribution in [3.63, 3.8) is 0 Å². The van der Waals surface area contributed by atoms with Crippen LogP contribution in [0.1, 0.15) is 68.9 Å². The lowest BCUT2D eigenvalue weighted by Crippen LogP contribution is -2.35. The molecule has 3 atom stereocenters. The van der Waals surface area contributed by atoms with Crippen LogP contribution in [0.3, 0.4) is 0 Å².